The second-order valence-electron chi connectivity index (χ2n) is 2.99. The standard InChI is InChI=1S/C11H10ClNO4.Li/c1-2-17-11(16)10(15)4-9(14)7-3-8(12)6-13-5-7;/h3-6,14H,2H2,1H3;/q;+1/p-1/b9-4-;. The molecule has 90 valence electrons. The van der Waals surface area contributed by atoms with Crippen LogP contribution in [0.4, 0.5) is 0 Å². The first-order valence-electron chi connectivity index (χ1n) is 4.75. The third-order valence-corrected chi connectivity index (χ3v) is 1.93. The monoisotopic (exact) mass is 261 g/mol. The van der Waals surface area contributed by atoms with Crippen LogP contribution in [0.2, 0.25) is 5.02 Å². The van der Waals surface area contributed by atoms with Crippen molar-refractivity contribution in [3.8, 4) is 0 Å². The van der Waals surface area contributed by atoms with Crippen molar-refractivity contribution in [2.24, 2.45) is 0 Å². The number of aromatic nitrogens is 1. The molecule has 1 aromatic heterocycles. The maximum absolute atomic E-state index is 11.5. The van der Waals surface area contributed by atoms with Gasteiger partial charge in [-0.2, -0.15) is 0 Å². The third kappa shape index (κ3) is 4.92. The zero-order chi connectivity index (χ0) is 12.8. The van der Waals surface area contributed by atoms with Crippen LogP contribution in [0.1, 0.15) is 12.5 Å². The zero-order valence-electron chi connectivity index (χ0n) is 9.97. The molecule has 0 unspecified atom stereocenters. The van der Waals surface area contributed by atoms with E-state index in [1.54, 1.807) is 6.92 Å². The first kappa shape index (κ1) is 16.7. The van der Waals surface area contributed by atoms with Gasteiger partial charge in [0.25, 0.3) is 5.78 Å². The molecule has 0 aliphatic carbocycles. The van der Waals surface area contributed by atoms with Crippen molar-refractivity contribution in [3.63, 3.8) is 0 Å². The molecule has 0 N–H and O–H groups in total. The molecule has 0 fully saturated rings. The summed E-state index contributed by atoms with van der Waals surface area (Å²) >= 11 is 5.63. The van der Waals surface area contributed by atoms with Gasteiger partial charge in [0, 0.05) is 12.4 Å². The number of hydrogen-bond donors (Lipinski definition) is 0. The summed E-state index contributed by atoms with van der Waals surface area (Å²) < 4.78 is 4.45. The topological polar surface area (TPSA) is 79.3 Å². The molecule has 0 aliphatic rings. The van der Waals surface area contributed by atoms with Gasteiger partial charge in [0.15, 0.2) is 0 Å². The van der Waals surface area contributed by atoms with Crippen LogP contribution in [-0.4, -0.2) is 23.3 Å². The maximum atomic E-state index is 11.5. The van der Waals surface area contributed by atoms with Crippen molar-refractivity contribution in [2.75, 3.05) is 6.61 Å². The fourth-order valence-corrected chi connectivity index (χ4v) is 1.18. The average Bonchev–Trinajstić information content (AvgIpc) is 2.29. The molecule has 0 aromatic carbocycles. The summed E-state index contributed by atoms with van der Waals surface area (Å²) in [5.74, 6) is -2.70. The van der Waals surface area contributed by atoms with Gasteiger partial charge >= 0.3 is 24.8 Å². The van der Waals surface area contributed by atoms with Gasteiger partial charge in [-0.1, -0.05) is 17.4 Å². The Morgan fingerprint density at radius 3 is 2.72 bits per heavy atom. The number of carbonyl (C=O) groups excluding carboxylic acids is 2. The molecule has 1 rings (SSSR count). The van der Waals surface area contributed by atoms with E-state index in [0.717, 1.165) is 0 Å². The SMILES string of the molecule is CCOC(=O)C(=O)/C=C(\[O-])c1cncc(Cl)c1.[Li+]. The predicted molar refractivity (Wildman–Crippen MR) is 58.9 cm³/mol. The largest absolute Gasteiger partial charge is 1.00 e. The Hall–Kier alpha value is -1.28. The number of hydrogen-bond acceptors (Lipinski definition) is 5. The Morgan fingerprint density at radius 1 is 1.50 bits per heavy atom. The Morgan fingerprint density at radius 2 is 2.17 bits per heavy atom. The number of esters is 1. The number of nitrogens with zero attached hydrogens (tertiary/aromatic N) is 1. The van der Waals surface area contributed by atoms with Gasteiger partial charge in [-0.25, -0.2) is 4.79 Å². The molecule has 0 bridgehead atoms. The van der Waals surface area contributed by atoms with E-state index >= 15 is 0 Å². The van der Waals surface area contributed by atoms with Crippen LogP contribution in [0.3, 0.4) is 0 Å². The Kier molecular flexibility index (Phi) is 7.37. The Labute approximate surface area is 121 Å². The van der Waals surface area contributed by atoms with Crippen LogP contribution in [0, 0.1) is 0 Å². The van der Waals surface area contributed by atoms with Crippen molar-refractivity contribution >= 4 is 29.1 Å². The predicted octanol–water partition coefficient (Wildman–Crippen LogP) is -2.43. The molecule has 7 heteroatoms. The van der Waals surface area contributed by atoms with Crippen LogP contribution in [0.5, 0.6) is 0 Å². The van der Waals surface area contributed by atoms with E-state index in [0.29, 0.717) is 6.08 Å². The summed E-state index contributed by atoms with van der Waals surface area (Å²) in [5.41, 5.74) is 0.134. The van der Waals surface area contributed by atoms with E-state index in [4.69, 9.17) is 11.6 Å². The van der Waals surface area contributed by atoms with Gasteiger partial charge in [0.1, 0.15) is 0 Å². The van der Waals surface area contributed by atoms with Gasteiger partial charge in [-0.3, -0.25) is 9.78 Å². The minimum Gasteiger partial charge on any atom is -0.872 e. The van der Waals surface area contributed by atoms with E-state index in [-0.39, 0.29) is 36.1 Å². The van der Waals surface area contributed by atoms with Crippen LogP contribution in [0.25, 0.3) is 5.76 Å². The molecule has 0 radical (unpaired) electrons. The molecule has 0 atom stereocenters. The van der Waals surface area contributed by atoms with Gasteiger partial charge in [-0.05, 0) is 24.6 Å². The van der Waals surface area contributed by atoms with Crippen molar-refractivity contribution < 1.29 is 38.3 Å². The number of ketones is 1. The minimum absolute atomic E-state index is 0. The fourth-order valence-electron chi connectivity index (χ4n) is 1.01. The van der Waals surface area contributed by atoms with Crippen LogP contribution in [-0.2, 0) is 14.3 Å². The zero-order valence-corrected chi connectivity index (χ0v) is 10.7. The van der Waals surface area contributed by atoms with Gasteiger partial charge in [0.2, 0.25) is 0 Å². The van der Waals surface area contributed by atoms with Crippen LogP contribution < -0.4 is 24.0 Å². The summed E-state index contributed by atoms with van der Waals surface area (Å²) in [6.07, 6.45) is 3.26. The van der Waals surface area contributed by atoms with Gasteiger partial charge in [-0.15, -0.1) is 0 Å². The normalized spacial score (nSPS) is 10.4. The van der Waals surface area contributed by atoms with Crippen LogP contribution in [0.15, 0.2) is 24.5 Å². The van der Waals surface area contributed by atoms with Crippen molar-refractivity contribution in [1.29, 1.82) is 0 Å². The summed E-state index contributed by atoms with van der Waals surface area (Å²) in [7, 11) is 0. The molecule has 0 saturated heterocycles. The smallest absolute Gasteiger partial charge is 0.872 e. The van der Waals surface area contributed by atoms with Gasteiger partial charge < -0.3 is 9.84 Å². The summed E-state index contributed by atoms with van der Waals surface area (Å²) in [6.45, 7) is 1.64. The number of carbonyl (C=O) groups is 2. The first-order valence-corrected chi connectivity index (χ1v) is 5.13. The average molecular weight is 262 g/mol. The van der Waals surface area contributed by atoms with E-state index in [2.05, 4.69) is 9.72 Å². The molecule has 0 amide bonds. The second kappa shape index (κ2) is 7.93. The third-order valence-electron chi connectivity index (χ3n) is 1.73. The van der Waals surface area contributed by atoms with Crippen molar-refractivity contribution in [3.05, 3.63) is 35.1 Å². The van der Waals surface area contributed by atoms with E-state index in [9.17, 15) is 14.7 Å². The molecule has 1 aromatic rings. The molecular formula is C11H9ClLiNO4. The number of rotatable bonds is 4. The van der Waals surface area contributed by atoms with E-state index in [1.165, 1.54) is 18.5 Å². The Bertz CT molecular complexity index is 476. The van der Waals surface area contributed by atoms with Crippen molar-refractivity contribution in [1.82, 2.24) is 4.98 Å². The molecule has 18 heavy (non-hydrogen) atoms. The number of pyridine rings is 1. The molecule has 1 heterocycles. The van der Waals surface area contributed by atoms with E-state index in [1.807, 2.05) is 0 Å². The second-order valence-corrected chi connectivity index (χ2v) is 3.42. The van der Waals surface area contributed by atoms with Gasteiger partial charge in [0.05, 0.1) is 11.6 Å². The maximum Gasteiger partial charge on any atom is 1.00 e. The minimum atomic E-state index is -1.06. The Balaban J connectivity index is 0.00000289. The summed E-state index contributed by atoms with van der Waals surface area (Å²) in [4.78, 5) is 25.9. The first-order chi connectivity index (χ1) is 8.04. The summed E-state index contributed by atoms with van der Waals surface area (Å²) in [5, 5.41) is 11.8. The molecule has 5 nitrogen and oxygen atoms in total. The number of ether oxygens (including phenoxy) is 1. The molecule has 0 aliphatic heterocycles. The van der Waals surface area contributed by atoms with Crippen LogP contribution >= 0.6 is 11.6 Å². The van der Waals surface area contributed by atoms with E-state index < -0.39 is 17.5 Å². The number of halogens is 1. The molecule has 0 saturated carbocycles. The fraction of sp³-hybridized carbons (Fsp3) is 0.182. The quantitative estimate of drug-likeness (QED) is 0.198. The molecule has 0 spiro atoms. The van der Waals surface area contributed by atoms with Crippen molar-refractivity contribution in [2.45, 2.75) is 6.92 Å². The summed E-state index contributed by atoms with van der Waals surface area (Å²) in [6, 6.07) is 1.35. The molecular weight excluding hydrogens is 253 g/mol.